The lowest BCUT2D eigenvalue weighted by molar-refractivity contribution is -0.384. The molecule has 0 aliphatic heterocycles. The van der Waals surface area contributed by atoms with Gasteiger partial charge in [-0.1, -0.05) is 41.7 Å². The van der Waals surface area contributed by atoms with E-state index in [-0.39, 0.29) is 16.7 Å². The smallest absolute Gasteiger partial charge is 0.270 e. The SMILES string of the molecule is O=C(NC(=S)Nc1nc2ccc([N+](=O)[O-])cc2s1)c1ccc2ccccc2c1. The van der Waals surface area contributed by atoms with Crippen molar-refractivity contribution in [2.45, 2.75) is 0 Å². The van der Waals surface area contributed by atoms with Crippen LogP contribution < -0.4 is 10.6 Å². The molecule has 3 aromatic carbocycles. The fourth-order valence-corrected chi connectivity index (χ4v) is 3.87. The summed E-state index contributed by atoms with van der Waals surface area (Å²) in [4.78, 5) is 27.2. The summed E-state index contributed by atoms with van der Waals surface area (Å²) in [5, 5.41) is 18.9. The predicted octanol–water partition coefficient (Wildman–Crippen LogP) is 4.48. The van der Waals surface area contributed by atoms with Crippen LogP contribution >= 0.6 is 23.6 Å². The van der Waals surface area contributed by atoms with E-state index in [4.69, 9.17) is 12.2 Å². The van der Waals surface area contributed by atoms with Crippen molar-refractivity contribution in [1.82, 2.24) is 10.3 Å². The zero-order chi connectivity index (χ0) is 19.7. The summed E-state index contributed by atoms with van der Waals surface area (Å²) in [6, 6.07) is 17.6. The zero-order valence-corrected chi connectivity index (χ0v) is 15.8. The summed E-state index contributed by atoms with van der Waals surface area (Å²) in [5.74, 6) is -0.333. The molecule has 0 atom stereocenters. The predicted molar refractivity (Wildman–Crippen MR) is 114 cm³/mol. The van der Waals surface area contributed by atoms with Crippen LogP contribution in [0.25, 0.3) is 21.0 Å². The molecule has 0 saturated carbocycles. The number of hydrogen-bond donors (Lipinski definition) is 2. The molecular formula is C19H12N4O3S2. The minimum Gasteiger partial charge on any atom is -0.308 e. The van der Waals surface area contributed by atoms with Gasteiger partial charge < -0.3 is 5.32 Å². The Morgan fingerprint density at radius 1 is 1.07 bits per heavy atom. The molecule has 0 bridgehead atoms. The first-order chi connectivity index (χ1) is 13.5. The van der Waals surface area contributed by atoms with Crippen molar-refractivity contribution < 1.29 is 9.72 Å². The number of nitro benzene ring substituents is 1. The van der Waals surface area contributed by atoms with E-state index < -0.39 is 4.92 Å². The Bertz CT molecular complexity index is 1250. The highest BCUT2D eigenvalue weighted by Crippen LogP contribution is 2.29. The van der Waals surface area contributed by atoms with Gasteiger partial charge in [0.15, 0.2) is 10.2 Å². The normalized spacial score (nSPS) is 10.7. The number of nitrogens with one attached hydrogen (secondary N) is 2. The quantitative estimate of drug-likeness (QED) is 0.295. The number of thiocarbonyl (C=S) groups is 1. The van der Waals surface area contributed by atoms with E-state index in [2.05, 4.69) is 15.6 Å². The number of hydrogen-bond acceptors (Lipinski definition) is 6. The average Bonchev–Trinajstić information content (AvgIpc) is 3.08. The van der Waals surface area contributed by atoms with Gasteiger partial charge in [0.2, 0.25) is 0 Å². The van der Waals surface area contributed by atoms with Crippen LogP contribution in [-0.4, -0.2) is 20.9 Å². The van der Waals surface area contributed by atoms with Crippen molar-refractivity contribution >= 4 is 66.4 Å². The minimum absolute atomic E-state index is 0.00474. The highest BCUT2D eigenvalue weighted by molar-refractivity contribution is 7.80. The third-order valence-electron chi connectivity index (χ3n) is 4.04. The van der Waals surface area contributed by atoms with Gasteiger partial charge in [0.1, 0.15) is 0 Å². The molecule has 0 radical (unpaired) electrons. The Kier molecular flexibility index (Phi) is 4.68. The molecule has 0 unspecified atom stereocenters. The van der Waals surface area contributed by atoms with E-state index >= 15 is 0 Å². The van der Waals surface area contributed by atoms with Gasteiger partial charge in [-0.25, -0.2) is 4.98 Å². The van der Waals surface area contributed by atoms with Gasteiger partial charge in [-0.2, -0.15) is 0 Å². The van der Waals surface area contributed by atoms with Gasteiger partial charge in [-0.05, 0) is 41.2 Å². The van der Waals surface area contributed by atoms with E-state index in [1.54, 1.807) is 18.2 Å². The number of nitro groups is 1. The number of anilines is 1. The number of nitrogens with zero attached hydrogens (tertiary/aromatic N) is 2. The first-order valence-electron chi connectivity index (χ1n) is 8.16. The summed E-state index contributed by atoms with van der Waals surface area (Å²) in [7, 11) is 0. The van der Waals surface area contributed by atoms with Gasteiger partial charge in [0, 0.05) is 17.7 Å². The Labute approximate surface area is 168 Å². The minimum atomic E-state index is -0.458. The number of thiazole rings is 1. The third-order valence-corrected chi connectivity index (χ3v) is 5.18. The van der Waals surface area contributed by atoms with Gasteiger partial charge in [0.05, 0.1) is 15.1 Å². The second-order valence-corrected chi connectivity index (χ2v) is 7.34. The molecule has 4 aromatic rings. The third kappa shape index (κ3) is 3.66. The van der Waals surface area contributed by atoms with Crippen LogP contribution in [0.15, 0.2) is 60.7 Å². The monoisotopic (exact) mass is 408 g/mol. The maximum atomic E-state index is 12.5. The summed E-state index contributed by atoms with van der Waals surface area (Å²) >= 11 is 6.41. The van der Waals surface area contributed by atoms with Crippen molar-refractivity contribution in [3.05, 3.63) is 76.3 Å². The van der Waals surface area contributed by atoms with E-state index in [0.717, 1.165) is 10.8 Å². The Hall–Kier alpha value is -3.43. The van der Waals surface area contributed by atoms with Crippen LogP contribution in [0, 0.1) is 10.1 Å². The molecular weight excluding hydrogens is 396 g/mol. The second kappa shape index (κ2) is 7.29. The summed E-state index contributed by atoms with van der Waals surface area (Å²) in [5.41, 5.74) is 1.10. The fraction of sp³-hybridized carbons (Fsp3) is 0. The lowest BCUT2D eigenvalue weighted by Crippen LogP contribution is -2.34. The molecule has 1 amide bonds. The van der Waals surface area contributed by atoms with Crippen LogP contribution in [0.2, 0.25) is 0 Å². The maximum Gasteiger partial charge on any atom is 0.270 e. The molecule has 0 aliphatic rings. The number of carbonyl (C=O) groups excluding carboxylic acids is 1. The largest absolute Gasteiger partial charge is 0.308 e. The molecule has 138 valence electrons. The number of carbonyl (C=O) groups is 1. The van der Waals surface area contributed by atoms with Crippen molar-refractivity contribution in [3.8, 4) is 0 Å². The second-order valence-electron chi connectivity index (χ2n) is 5.90. The highest BCUT2D eigenvalue weighted by atomic mass is 32.1. The van der Waals surface area contributed by atoms with Crippen molar-refractivity contribution in [2.75, 3.05) is 5.32 Å². The molecule has 9 heteroatoms. The van der Waals surface area contributed by atoms with Gasteiger partial charge >= 0.3 is 0 Å². The first kappa shape index (κ1) is 18.0. The molecule has 0 saturated heterocycles. The number of rotatable bonds is 3. The average molecular weight is 408 g/mol. The number of fused-ring (bicyclic) bond motifs is 2. The fourth-order valence-electron chi connectivity index (χ4n) is 2.71. The lowest BCUT2D eigenvalue weighted by atomic mass is 10.1. The van der Waals surface area contributed by atoms with E-state index in [0.29, 0.717) is 20.9 Å². The number of benzene rings is 3. The van der Waals surface area contributed by atoms with Crippen molar-refractivity contribution in [1.29, 1.82) is 0 Å². The van der Waals surface area contributed by atoms with Crippen LogP contribution in [0.5, 0.6) is 0 Å². The highest BCUT2D eigenvalue weighted by Gasteiger charge is 2.13. The molecule has 1 heterocycles. The van der Waals surface area contributed by atoms with E-state index in [1.807, 2.05) is 30.3 Å². The molecule has 1 aromatic heterocycles. The van der Waals surface area contributed by atoms with E-state index in [9.17, 15) is 14.9 Å². The van der Waals surface area contributed by atoms with Gasteiger partial charge in [-0.15, -0.1) is 0 Å². The lowest BCUT2D eigenvalue weighted by Gasteiger charge is -2.08. The van der Waals surface area contributed by atoms with Crippen LogP contribution in [0.3, 0.4) is 0 Å². The van der Waals surface area contributed by atoms with Gasteiger partial charge in [0.25, 0.3) is 11.6 Å². The summed E-state index contributed by atoms with van der Waals surface area (Å²) < 4.78 is 0.653. The molecule has 2 N–H and O–H groups in total. The van der Waals surface area contributed by atoms with Crippen molar-refractivity contribution in [2.24, 2.45) is 0 Å². The molecule has 7 nitrogen and oxygen atoms in total. The van der Waals surface area contributed by atoms with E-state index in [1.165, 1.54) is 23.5 Å². The van der Waals surface area contributed by atoms with Crippen molar-refractivity contribution in [3.63, 3.8) is 0 Å². The topological polar surface area (TPSA) is 97.2 Å². The standard InChI is InChI=1S/C19H12N4O3S2/c24-17(13-6-5-11-3-1-2-4-12(11)9-13)21-18(27)22-19-20-15-8-7-14(23(25)26)10-16(15)28-19/h1-10H,(H2,20,21,22,24,27). The molecule has 4 rings (SSSR count). The first-order valence-corrected chi connectivity index (χ1v) is 9.38. The summed E-state index contributed by atoms with van der Waals surface area (Å²) in [6.07, 6.45) is 0. The van der Waals surface area contributed by atoms with Crippen LogP contribution in [0.1, 0.15) is 10.4 Å². The summed E-state index contributed by atoms with van der Waals surface area (Å²) in [6.45, 7) is 0. The molecule has 0 fully saturated rings. The molecule has 0 spiro atoms. The number of amides is 1. The Morgan fingerprint density at radius 2 is 1.86 bits per heavy atom. The number of aromatic nitrogens is 1. The number of non-ortho nitro benzene ring substituents is 1. The van der Waals surface area contributed by atoms with Gasteiger partial charge in [-0.3, -0.25) is 20.2 Å². The molecule has 28 heavy (non-hydrogen) atoms. The van der Waals surface area contributed by atoms with Crippen LogP contribution in [0.4, 0.5) is 10.8 Å². The maximum absolute atomic E-state index is 12.5. The Morgan fingerprint density at radius 3 is 2.64 bits per heavy atom. The van der Waals surface area contributed by atoms with Crippen LogP contribution in [-0.2, 0) is 0 Å². The molecule has 0 aliphatic carbocycles. The zero-order valence-electron chi connectivity index (χ0n) is 14.2. The Balaban J connectivity index is 1.48.